The van der Waals surface area contributed by atoms with Crippen molar-refractivity contribution in [2.24, 2.45) is 11.5 Å². The minimum atomic E-state index is 0. The van der Waals surface area contributed by atoms with Crippen LogP contribution in [0.2, 0.25) is 0 Å². The molecule has 70 valence electrons. The SMILES string of the molecule is Br.NCCCCNCCCN. The van der Waals surface area contributed by atoms with Gasteiger partial charge in [-0.05, 0) is 45.4 Å². The molecular weight excluding hydrogens is 206 g/mol. The summed E-state index contributed by atoms with van der Waals surface area (Å²) in [6.45, 7) is 3.71. The Balaban J connectivity index is 0. The number of halogens is 1. The van der Waals surface area contributed by atoms with Gasteiger partial charge >= 0.3 is 0 Å². The monoisotopic (exact) mass is 225 g/mol. The number of rotatable bonds is 7. The first-order valence-electron chi connectivity index (χ1n) is 4.02. The minimum Gasteiger partial charge on any atom is -0.330 e. The fourth-order valence-electron chi connectivity index (χ4n) is 0.746. The zero-order valence-corrected chi connectivity index (χ0v) is 8.73. The van der Waals surface area contributed by atoms with Gasteiger partial charge in [-0.1, -0.05) is 0 Å². The van der Waals surface area contributed by atoms with Gasteiger partial charge in [0.25, 0.3) is 0 Å². The van der Waals surface area contributed by atoms with Crippen LogP contribution >= 0.6 is 17.0 Å². The van der Waals surface area contributed by atoms with Crippen molar-refractivity contribution in [3.05, 3.63) is 0 Å². The molecule has 0 saturated heterocycles. The highest BCUT2D eigenvalue weighted by atomic mass is 79.9. The smallest absolute Gasteiger partial charge is 0.00369 e. The topological polar surface area (TPSA) is 64.1 Å². The van der Waals surface area contributed by atoms with Crippen molar-refractivity contribution in [2.45, 2.75) is 19.3 Å². The van der Waals surface area contributed by atoms with Gasteiger partial charge in [0.05, 0.1) is 0 Å². The Morgan fingerprint density at radius 2 is 1.36 bits per heavy atom. The molecule has 0 atom stereocenters. The van der Waals surface area contributed by atoms with Crippen LogP contribution in [0.15, 0.2) is 0 Å². The van der Waals surface area contributed by atoms with Gasteiger partial charge in [-0.15, -0.1) is 17.0 Å². The van der Waals surface area contributed by atoms with E-state index in [2.05, 4.69) is 5.32 Å². The van der Waals surface area contributed by atoms with E-state index in [-0.39, 0.29) is 17.0 Å². The highest BCUT2D eigenvalue weighted by Gasteiger charge is 1.85. The molecule has 0 aromatic rings. The quantitative estimate of drug-likeness (QED) is 0.545. The van der Waals surface area contributed by atoms with Crippen molar-refractivity contribution >= 4 is 17.0 Å². The Hall–Kier alpha value is 0.360. The molecule has 0 spiro atoms. The summed E-state index contributed by atoms with van der Waals surface area (Å²) in [5.41, 5.74) is 10.6. The first-order valence-corrected chi connectivity index (χ1v) is 4.02. The summed E-state index contributed by atoms with van der Waals surface area (Å²) in [5, 5.41) is 3.29. The Bertz CT molecular complexity index is 53.6. The van der Waals surface area contributed by atoms with Crippen LogP contribution in [-0.2, 0) is 0 Å². The third-order valence-electron chi connectivity index (χ3n) is 1.37. The van der Waals surface area contributed by atoms with Crippen molar-refractivity contribution in [1.82, 2.24) is 5.32 Å². The second-order valence-corrected chi connectivity index (χ2v) is 2.39. The van der Waals surface area contributed by atoms with Gasteiger partial charge in [-0.25, -0.2) is 0 Å². The van der Waals surface area contributed by atoms with E-state index >= 15 is 0 Å². The van der Waals surface area contributed by atoms with Crippen LogP contribution in [0.5, 0.6) is 0 Å². The highest BCUT2D eigenvalue weighted by Crippen LogP contribution is 1.81. The van der Waals surface area contributed by atoms with E-state index in [9.17, 15) is 0 Å². The van der Waals surface area contributed by atoms with Gasteiger partial charge in [-0.2, -0.15) is 0 Å². The van der Waals surface area contributed by atoms with Crippen LogP contribution in [0.25, 0.3) is 0 Å². The molecule has 3 nitrogen and oxygen atoms in total. The lowest BCUT2D eigenvalue weighted by Gasteiger charge is -2.01. The summed E-state index contributed by atoms with van der Waals surface area (Å²) in [5.74, 6) is 0. The van der Waals surface area contributed by atoms with Crippen molar-refractivity contribution < 1.29 is 0 Å². The summed E-state index contributed by atoms with van der Waals surface area (Å²) >= 11 is 0. The molecule has 0 unspecified atom stereocenters. The van der Waals surface area contributed by atoms with Gasteiger partial charge in [0.1, 0.15) is 0 Å². The molecule has 5 N–H and O–H groups in total. The molecule has 0 aliphatic carbocycles. The minimum absolute atomic E-state index is 0. The maximum absolute atomic E-state index is 5.32. The average molecular weight is 226 g/mol. The lowest BCUT2D eigenvalue weighted by Crippen LogP contribution is -2.19. The summed E-state index contributed by atoms with van der Waals surface area (Å²) in [6, 6.07) is 0. The molecule has 0 rings (SSSR count). The third kappa shape index (κ3) is 13.4. The van der Waals surface area contributed by atoms with E-state index < -0.39 is 0 Å². The molecular formula is C7H20BrN3. The van der Waals surface area contributed by atoms with Crippen LogP contribution < -0.4 is 16.8 Å². The molecule has 0 fully saturated rings. The predicted molar refractivity (Wildman–Crippen MR) is 55.2 cm³/mol. The van der Waals surface area contributed by atoms with Gasteiger partial charge in [0, 0.05) is 0 Å². The molecule has 0 aliphatic rings. The largest absolute Gasteiger partial charge is 0.330 e. The Labute approximate surface area is 79.7 Å². The molecule has 0 radical (unpaired) electrons. The standard InChI is InChI=1S/C7H19N3.BrH/c8-4-1-2-6-10-7-3-5-9;/h10H,1-9H2;1H. The maximum atomic E-state index is 5.32. The Morgan fingerprint density at radius 1 is 0.818 bits per heavy atom. The summed E-state index contributed by atoms with van der Waals surface area (Å²) in [6.07, 6.45) is 3.37. The normalized spacial score (nSPS) is 9.27. The van der Waals surface area contributed by atoms with Crippen molar-refractivity contribution in [2.75, 3.05) is 26.2 Å². The Kier molecular flexibility index (Phi) is 16.4. The van der Waals surface area contributed by atoms with Crippen LogP contribution in [0, 0.1) is 0 Å². The fraction of sp³-hybridized carbons (Fsp3) is 1.00. The van der Waals surface area contributed by atoms with Crippen LogP contribution in [-0.4, -0.2) is 26.2 Å². The summed E-state index contributed by atoms with van der Waals surface area (Å²) in [4.78, 5) is 0. The molecule has 0 bridgehead atoms. The number of nitrogens with two attached hydrogens (primary N) is 2. The van der Waals surface area contributed by atoms with E-state index in [1.807, 2.05) is 0 Å². The zero-order valence-electron chi connectivity index (χ0n) is 7.01. The van der Waals surface area contributed by atoms with Gasteiger partial charge in [-0.3, -0.25) is 0 Å². The van der Waals surface area contributed by atoms with Crippen LogP contribution in [0.4, 0.5) is 0 Å². The molecule has 0 aromatic heterocycles. The molecule has 0 aliphatic heterocycles. The number of hydrogen-bond donors (Lipinski definition) is 3. The molecule has 4 heteroatoms. The lowest BCUT2D eigenvalue weighted by molar-refractivity contribution is 0.611. The van der Waals surface area contributed by atoms with Crippen LogP contribution in [0.3, 0.4) is 0 Å². The highest BCUT2D eigenvalue weighted by molar-refractivity contribution is 8.93. The fourth-order valence-corrected chi connectivity index (χ4v) is 0.746. The third-order valence-corrected chi connectivity index (χ3v) is 1.37. The van der Waals surface area contributed by atoms with Crippen molar-refractivity contribution in [1.29, 1.82) is 0 Å². The molecule has 0 saturated carbocycles. The Morgan fingerprint density at radius 3 is 1.91 bits per heavy atom. The second-order valence-electron chi connectivity index (χ2n) is 2.39. The van der Waals surface area contributed by atoms with Gasteiger partial charge in [0.15, 0.2) is 0 Å². The maximum Gasteiger partial charge on any atom is -0.00369 e. The van der Waals surface area contributed by atoms with Crippen molar-refractivity contribution in [3.63, 3.8) is 0 Å². The molecule has 11 heavy (non-hydrogen) atoms. The first kappa shape index (κ1) is 13.9. The van der Waals surface area contributed by atoms with E-state index in [1.165, 1.54) is 6.42 Å². The van der Waals surface area contributed by atoms with Crippen molar-refractivity contribution in [3.8, 4) is 0 Å². The second kappa shape index (κ2) is 13.0. The van der Waals surface area contributed by atoms with E-state index in [1.54, 1.807) is 0 Å². The van der Waals surface area contributed by atoms with Gasteiger partial charge < -0.3 is 16.8 Å². The van der Waals surface area contributed by atoms with E-state index in [0.717, 1.165) is 39.0 Å². The first-order chi connectivity index (χ1) is 4.91. The number of hydrogen-bond acceptors (Lipinski definition) is 3. The summed E-state index contributed by atoms with van der Waals surface area (Å²) < 4.78 is 0. The zero-order chi connectivity index (χ0) is 7.66. The predicted octanol–water partition coefficient (Wildman–Crippen LogP) is 0.242. The van der Waals surface area contributed by atoms with E-state index in [4.69, 9.17) is 11.5 Å². The van der Waals surface area contributed by atoms with Crippen LogP contribution in [0.1, 0.15) is 19.3 Å². The number of unbranched alkanes of at least 4 members (excludes halogenated alkanes) is 1. The molecule has 0 amide bonds. The summed E-state index contributed by atoms with van der Waals surface area (Å²) in [7, 11) is 0. The lowest BCUT2D eigenvalue weighted by atomic mass is 10.3. The van der Waals surface area contributed by atoms with E-state index in [0.29, 0.717) is 0 Å². The average Bonchev–Trinajstić information content (AvgIpc) is 1.97. The van der Waals surface area contributed by atoms with Gasteiger partial charge in [0.2, 0.25) is 0 Å². The molecule has 0 heterocycles. The molecule has 0 aromatic carbocycles. The number of nitrogens with one attached hydrogen (secondary N) is 1.